The lowest BCUT2D eigenvalue weighted by Crippen LogP contribution is -2.13. The van der Waals surface area contributed by atoms with Crippen molar-refractivity contribution in [2.75, 3.05) is 0 Å². The first-order valence-electron chi connectivity index (χ1n) is 5.19. The summed E-state index contributed by atoms with van der Waals surface area (Å²) in [7, 11) is 0. The molecule has 0 bridgehead atoms. The number of nitrogens with zero attached hydrogens (tertiary/aromatic N) is 2. The van der Waals surface area contributed by atoms with Gasteiger partial charge in [-0.25, -0.2) is 14.4 Å². The van der Waals surface area contributed by atoms with Crippen molar-refractivity contribution in [3.8, 4) is 0 Å². The molecule has 0 aliphatic carbocycles. The molecule has 0 aliphatic rings. The highest BCUT2D eigenvalue weighted by molar-refractivity contribution is 6.30. The fraction of sp³-hybridized carbons (Fsp3) is 0.167. The Morgan fingerprint density at radius 3 is 2.42 bits per heavy atom. The molecule has 7 heteroatoms. The second-order valence-corrected chi connectivity index (χ2v) is 4.12. The van der Waals surface area contributed by atoms with Crippen LogP contribution in [0, 0.1) is 5.82 Å². The zero-order valence-electron chi connectivity index (χ0n) is 9.38. The Bertz CT molecular complexity index is 599. The number of aromatic nitrogens is 2. The molecule has 0 amide bonds. The molecule has 0 spiro atoms. The lowest BCUT2D eigenvalue weighted by atomic mass is 10.0. The summed E-state index contributed by atoms with van der Waals surface area (Å²) in [5, 5.41) is -0.328. The first kappa shape index (κ1) is 13.7. The van der Waals surface area contributed by atoms with Gasteiger partial charge in [0.25, 0.3) is 0 Å². The van der Waals surface area contributed by atoms with Crippen LogP contribution in [0.25, 0.3) is 0 Å². The van der Waals surface area contributed by atoms with E-state index in [9.17, 15) is 17.6 Å². The number of benzene rings is 1. The van der Waals surface area contributed by atoms with Crippen LogP contribution in [-0.2, 0) is 12.6 Å². The van der Waals surface area contributed by atoms with Gasteiger partial charge in [0, 0.05) is 12.0 Å². The Balaban J connectivity index is 2.48. The van der Waals surface area contributed by atoms with E-state index in [4.69, 9.17) is 11.6 Å². The van der Waals surface area contributed by atoms with Crippen LogP contribution in [0.3, 0.4) is 0 Å². The fourth-order valence-electron chi connectivity index (χ4n) is 1.62. The topological polar surface area (TPSA) is 25.8 Å². The highest BCUT2D eigenvalue weighted by Crippen LogP contribution is 2.33. The molecule has 1 aromatic carbocycles. The summed E-state index contributed by atoms with van der Waals surface area (Å²) in [6.07, 6.45) is -4.25. The van der Waals surface area contributed by atoms with Crippen LogP contribution in [0.2, 0.25) is 5.15 Å². The van der Waals surface area contributed by atoms with Crippen LogP contribution in [0.1, 0.15) is 16.8 Å². The second-order valence-electron chi connectivity index (χ2n) is 3.76. The maximum Gasteiger partial charge on any atom is 0.433 e. The molecule has 19 heavy (non-hydrogen) atoms. The van der Waals surface area contributed by atoms with E-state index in [2.05, 4.69) is 9.97 Å². The van der Waals surface area contributed by atoms with E-state index in [0.29, 0.717) is 0 Å². The van der Waals surface area contributed by atoms with E-state index in [-0.39, 0.29) is 22.7 Å². The molecule has 2 aromatic rings. The molecule has 0 saturated heterocycles. The summed E-state index contributed by atoms with van der Waals surface area (Å²) in [5.74, 6) is -0.601. The van der Waals surface area contributed by atoms with Crippen LogP contribution in [0.5, 0.6) is 0 Å². The zero-order valence-corrected chi connectivity index (χ0v) is 10.1. The molecule has 1 aromatic heterocycles. The van der Waals surface area contributed by atoms with Crippen molar-refractivity contribution in [3.05, 3.63) is 58.4 Å². The van der Waals surface area contributed by atoms with Gasteiger partial charge in [-0.15, -0.1) is 0 Å². The minimum atomic E-state index is -4.66. The number of alkyl halides is 3. The normalized spacial score (nSPS) is 11.6. The standard InChI is InChI=1S/C12H7ClF4N2/c13-11-8(5-7-3-1-2-4-9(7)14)10(12(15,16)17)18-6-19-11/h1-4,6H,5H2. The molecule has 0 saturated carbocycles. The van der Waals surface area contributed by atoms with E-state index in [0.717, 1.165) is 6.33 Å². The third-order valence-electron chi connectivity index (χ3n) is 2.49. The van der Waals surface area contributed by atoms with Crippen LogP contribution >= 0.6 is 11.6 Å². The summed E-state index contributed by atoms with van der Waals surface area (Å²) in [6.45, 7) is 0. The molecule has 0 aliphatic heterocycles. The van der Waals surface area contributed by atoms with Crippen LogP contribution in [0.15, 0.2) is 30.6 Å². The van der Waals surface area contributed by atoms with Gasteiger partial charge >= 0.3 is 6.18 Å². The van der Waals surface area contributed by atoms with Gasteiger partial charge in [-0.05, 0) is 11.6 Å². The molecular weight excluding hydrogens is 284 g/mol. The minimum Gasteiger partial charge on any atom is -0.231 e. The molecule has 0 radical (unpaired) electrons. The maximum atomic E-state index is 13.5. The SMILES string of the molecule is Fc1ccccc1Cc1c(Cl)ncnc1C(F)(F)F. The van der Waals surface area contributed by atoms with Gasteiger partial charge in [-0.1, -0.05) is 29.8 Å². The maximum absolute atomic E-state index is 13.5. The molecule has 0 unspecified atom stereocenters. The average Bonchev–Trinajstić information content (AvgIpc) is 2.33. The highest BCUT2D eigenvalue weighted by atomic mass is 35.5. The minimum absolute atomic E-state index is 0.102. The third kappa shape index (κ3) is 3.01. The first-order valence-corrected chi connectivity index (χ1v) is 5.57. The molecule has 1 heterocycles. The van der Waals surface area contributed by atoms with Crippen molar-refractivity contribution < 1.29 is 17.6 Å². The largest absolute Gasteiger partial charge is 0.433 e. The van der Waals surface area contributed by atoms with Crippen LogP contribution < -0.4 is 0 Å². The molecule has 0 N–H and O–H groups in total. The van der Waals surface area contributed by atoms with E-state index in [1.54, 1.807) is 0 Å². The van der Waals surface area contributed by atoms with Gasteiger partial charge in [0.05, 0.1) is 0 Å². The molecule has 0 atom stereocenters. The summed E-state index contributed by atoms with van der Waals surface area (Å²) in [5.41, 5.74) is -1.37. The first-order chi connectivity index (χ1) is 8.89. The molecule has 2 nitrogen and oxygen atoms in total. The summed E-state index contributed by atoms with van der Waals surface area (Å²) >= 11 is 5.66. The zero-order chi connectivity index (χ0) is 14.0. The number of hydrogen-bond donors (Lipinski definition) is 0. The third-order valence-corrected chi connectivity index (χ3v) is 2.81. The average molecular weight is 291 g/mol. The summed E-state index contributed by atoms with van der Waals surface area (Å²) in [6, 6.07) is 5.54. The summed E-state index contributed by atoms with van der Waals surface area (Å²) < 4.78 is 51.8. The van der Waals surface area contributed by atoms with Crippen molar-refractivity contribution in [1.82, 2.24) is 9.97 Å². The Morgan fingerprint density at radius 1 is 1.11 bits per heavy atom. The fourth-order valence-corrected chi connectivity index (χ4v) is 1.82. The molecular formula is C12H7ClF4N2. The van der Waals surface area contributed by atoms with Crippen molar-refractivity contribution in [2.24, 2.45) is 0 Å². The van der Waals surface area contributed by atoms with Gasteiger partial charge < -0.3 is 0 Å². The Kier molecular flexibility index (Phi) is 3.71. The molecule has 100 valence electrons. The quantitative estimate of drug-likeness (QED) is 0.619. The lowest BCUT2D eigenvalue weighted by molar-refractivity contribution is -0.141. The van der Waals surface area contributed by atoms with Crippen LogP contribution in [0.4, 0.5) is 17.6 Å². The monoisotopic (exact) mass is 290 g/mol. The van der Waals surface area contributed by atoms with Gasteiger partial charge in [0.2, 0.25) is 0 Å². The second kappa shape index (κ2) is 5.13. The predicted octanol–water partition coefficient (Wildman–Crippen LogP) is 3.88. The molecule has 2 rings (SSSR count). The summed E-state index contributed by atoms with van der Waals surface area (Å²) in [4.78, 5) is 6.70. The van der Waals surface area contributed by atoms with Crippen molar-refractivity contribution in [2.45, 2.75) is 12.6 Å². The number of halogens is 5. The van der Waals surface area contributed by atoms with E-state index < -0.39 is 17.7 Å². The molecule has 0 fully saturated rings. The van der Waals surface area contributed by atoms with Crippen molar-refractivity contribution in [3.63, 3.8) is 0 Å². The van der Waals surface area contributed by atoms with Gasteiger partial charge in [-0.2, -0.15) is 13.2 Å². The number of rotatable bonds is 2. The van der Waals surface area contributed by atoms with Gasteiger partial charge in [0.15, 0.2) is 5.69 Å². The highest BCUT2D eigenvalue weighted by Gasteiger charge is 2.36. The predicted molar refractivity (Wildman–Crippen MR) is 61.3 cm³/mol. The van der Waals surface area contributed by atoms with E-state index >= 15 is 0 Å². The Labute approximate surface area is 111 Å². The van der Waals surface area contributed by atoms with E-state index in [1.807, 2.05) is 0 Å². The number of hydrogen-bond acceptors (Lipinski definition) is 2. The Morgan fingerprint density at radius 2 is 1.79 bits per heavy atom. The lowest BCUT2D eigenvalue weighted by Gasteiger charge is -2.12. The smallest absolute Gasteiger partial charge is 0.231 e. The van der Waals surface area contributed by atoms with Crippen LogP contribution in [-0.4, -0.2) is 9.97 Å². The van der Waals surface area contributed by atoms with Gasteiger partial charge in [0.1, 0.15) is 17.3 Å². The van der Waals surface area contributed by atoms with Crippen molar-refractivity contribution >= 4 is 11.6 Å². The van der Waals surface area contributed by atoms with Crippen molar-refractivity contribution in [1.29, 1.82) is 0 Å². The Hall–Kier alpha value is -1.69. The van der Waals surface area contributed by atoms with E-state index in [1.165, 1.54) is 24.3 Å². The van der Waals surface area contributed by atoms with Gasteiger partial charge in [-0.3, -0.25) is 0 Å².